The van der Waals surface area contributed by atoms with Crippen molar-refractivity contribution >= 4 is 56.6 Å². The number of aromatic nitrogens is 1. The van der Waals surface area contributed by atoms with E-state index >= 15 is 0 Å². The summed E-state index contributed by atoms with van der Waals surface area (Å²) in [7, 11) is 0. The van der Waals surface area contributed by atoms with Gasteiger partial charge in [-0.3, -0.25) is 9.59 Å². The van der Waals surface area contributed by atoms with Gasteiger partial charge in [-0.25, -0.2) is 4.98 Å². The number of carbonyl (C=O) groups is 2. The lowest BCUT2D eigenvalue weighted by Crippen LogP contribution is -2.53. The molecule has 1 fully saturated rings. The number of benzene rings is 3. The van der Waals surface area contributed by atoms with E-state index in [1.807, 2.05) is 84.6 Å². The fraction of sp³-hybridized carbons (Fsp3) is 0.300. The first-order valence-electron chi connectivity index (χ1n) is 12.6. The van der Waals surface area contributed by atoms with Gasteiger partial charge in [0.2, 0.25) is 5.91 Å². The van der Waals surface area contributed by atoms with Crippen LogP contribution in [0.15, 0.2) is 72.8 Å². The van der Waals surface area contributed by atoms with Crippen LogP contribution in [0.5, 0.6) is 0 Å². The molecule has 0 bridgehead atoms. The van der Waals surface area contributed by atoms with E-state index < -0.39 is 11.4 Å². The molecular formula is C30H28Cl2N2O3S. The van der Waals surface area contributed by atoms with Crippen molar-refractivity contribution in [3.63, 3.8) is 0 Å². The maximum absolute atomic E-state index is 14.5. The third-order valence-electron chi connectivity index (χ3n) is 7.45. The lowest BCUT2D eigenvalue weighted by atomic mass is 9.67. The van der Waals surface area contributed by atoms with Crippen molar-refractivity contribution in [2.24, 2.45) is 5.41 Å². The van der Waals surface area contributed by atoms with Crippen LogP contribution in [0.2, 0.25) is 10.0 Å². The van der Waals surface area contributed by atoms with E-state index in [-0.39, 0.29) is 30.3 Å². The smallest absolute Gasteiger partial charge is 0.304 e. The largest absolute Gasteiger partial charge is 0.481 e. The molecule has 5 rings (SSSR count). The SMILES string of the molecule is CC[C@@H](c1nc2ccccc2s1)N1C(=O)[C@](C)(CC(=O)O)C[C@H](c2cccc(Cl)c2)[C@H]1c1ccc(Cl)cc1. The predicted molar refractivity (Wildman–Crippen MR) is 153 cm³/mol. The molecule has 1 aliphatic heterocycles. The number of aliphatic carboxylic acids is 1. The topological polar surface area (TPSA) is 70.5 Å². The third-order valence-corrected chi connectivity index (χ3v) is 9.07. The van der Waals surface area contributed by atoms with Gasteiger partial charge in [-0.05, 0) is 60.4 Å². The minimum Gasteiger partial charge on any atom is -0.481 e. The zero-order valence-electron chi connectivity index (χ0n) is 21.1. The van der Waals surface area contributed by atoms with E-state index in [1.54, 1.807) is 18.3 Å². The Hall–Kier alpha value is -2.93. The van der Waals surface area contributed by atoms with Gasteiger partial charge in [-0.15, -0.1) is 11.3 Å². The van der Waals surface area contributed by atoms with Crippen molar-refractivity contribution in [1.82, 2.24) is 9.88 Å². The van der Waals surface area contributed by atoms with E-state index in [0.717, 1.165) is 26.4 Å². The number of amides is 1. The molecule has 4 atom stereocenters. The Labute approximate surface area is 236 Å². The second-order valence-electron chi connectivity index (χ2n) is 10.1. The number of carboxylic acids is 1. The highest BCUT2D eigenvalue weighted by molar-refractivity contribution is 7.18. The molecule has 5 nitrogen and oxygen atoms in total. The molecule has 1 amide bonds. The number of fused-ring (bicyclic) bond motifs is 1. The van der Waals surface area contributed by atoms with Crippen molar-refractivity contribution in [2.75, 3.05) is 0 Å². The third kappa shape index (κ3) is 5.05. The van der Waals surface area contributed by atoms with Gasteiger partial charge in [-0.2, -0.15) is 0 Å². The van der Waals surface area contributed by atoms with Crippen LogP contribution in [-0.4, -0.2) is 26.9 Å². The minimum absolute atomic E-state index is 0.177. The zero-order chi connectivity index (χ0) is 27.0. The number of carboxylic acid groups (broad SMARTS) is 1. The van der Waals surface area contributed by atoms with Crippen LogP contribution in [-0.2, 0) is 9.59 Å². The van der Waals surface area contributed by atoms with Gasteiger partial charge in [0, 0.05) is 16.0 Å². The Morgan fingerprint density at radius 3 is 2.47 bits per heavy atom. The van der Waals surface area contributed by atoms with Gasteiger partial charge in [0.15, 0.2) is 0 Å². The molecule has 2 heterocycles. The molecule has 1 aliphatic rings. The lowest BCUT2D eigenvalue weighted by molar-refractivity contribution is -0.160. The number of hydrogen-bond donors (Lipinski definition) is 1. The summed E-state index contributed by atoms with van der Waals surface area (Å²) in [4.78, 5) is 33.3. The van der Waals surface area contributed by atoms with Crippen LogP contribution >= 0.6 is 34.5 Å². The number of carbonyl (C=O) groups excluding carboxylic acids is 1. The normalized spacial score (nSPS) is 22.5. The Bertz CT molecular complexity index is 1460. The standard InChI is InChI=1S/C30H28Cl2N2O3S/c1-3-24(28-33-23-9-4-5-10-25(23)38-28)34-27(18-11-13-20(31)14-12-18)22(19-7-6-8-21(32)15-19)16-30(2,29(34)37)17-26(35)36/h4-15,22,24,27H,3,16-17H2,1-2H3,(H,35,36)/t22-,24+,27-,30+/m1/s1. The molecular weight excluding hydrogens is 539 g/mol. The molecule has 196 valence electrons. The second kappa shape index (κ2) is 10.7. The van der Waals surface area contributed by atoms with Gasteiger partial charge >= 0.3 is 5.97 Å². The molecule has 1 aromatic heterocycles. The van der Waals surface area contributed by atoms with Crippen LogP contribution in [0.1, 0.15) is 67.2 Å². The van der Waals surface area contributed by atoms with Crippen molar-refractivity contribution in [2.45, 2.75) is 51.1 Å². The van der Waals surface area contributed by atoms with E-state index in [2.05, 4.69) is 0 Å². The van der Waals surface area contributed by atoms with Crippen LogP contribution in [0.25, 0.3) is 10.2 Å². The lowest BCUT2D eigenvalue weighted by Gasteiger charge is -2.51. The first-order valence-corrected chi connectivity index (χ1v) is 14.2. The van der Waals surface area contributed by atoms with Crippen LogP contribution in [0.4, 0.5) is 0 Å². The summed E-state index contributed by atoms with van der Waals surface area (Å²) in [5, 5.41) is 11.9. The molecule has 0 radical (unpaired) electrons. The summed E-state index contributed by atoms with van der Waals surface area (Å²) in [6, 6.07) is 22.4. The first-order chi connectivity index (χ1) is 18.2. The number of nitrogens with zero attached hydrogens (tertiary/aromatic N) is 2. The number of para-hydroxylation sites is 1. The summed E-state index contributed by atoms with van der Waals surface area (Å²) in [6.07, 6.45) is 0.739. The Morgan fingerprint density at radius 2 is 1.82 bits per heavy atom. The van der Waals surface area contributed by atoms with Crippen molar-refractivity contribution in [1.29, 1.82) is 0 Å². The number of thiazole rings is 1. The fourth-order valence-corrected chi connectivity index (χ4v) is 7.22. The van der Waals surface area contributed by atoms with Gasteiger partial charge in [-0.1, -0.05) is 73.4 Å². The highest BCUT2D eigenvalue weighted by atomic mass is 35.5. The fourth-order valence-electron chi connectivity index (χ4n) is 5.75. The van der Waals surface area contributed by atoms with E-state index in [4.69, 9.17) is 28.2 Å². The van der Waals surface area contributed by atoms with Crippen LogP contribution in [0.3, 0.4) is 0 Å². The summed E-state index contributed by atoms with van der Waals surface area (Å²) >= 11 is 14.3. The van der Waals surface area contributed by atoms with Gasteiger partial charge in [0.05, 0.1) is 34.1 Å². The highest BCUT2D eigenvalue weighted by Crippen LogP contribution is 2.54. The Kier molecular flexibility index (Phi) is 7.49. The monoisotopic (exact) mass is 566 g/mol. The van der Waals surface area contributed by atoms with Crippen molar-refractivity contribution in [3.05, 3.63) is 99.0 Å². The maximum atomic E-state index is 14.5. The van der Waals surface area contributed by atoms with Crippen LogP contribution in [0, 0.1) is 5.41 Å². The summed E-state index contributed by atoms with van der Waals surface area (Å²) in [5.74, 6) is -1.37. The van der Waals surface area contributed by atoms with E-state index in [0.29, 0.717) is 22.9 Å². The second-order valence-corrected chi connectivity index (χ2v) is 12.1. The summed E-state index contributed by atoms with van der Waals surface area (Å²) < 4.78 is 1.05. The Morgan fingerprint density at radius 1 is 1.08 bits per heavy atom. The number of halogens is 2. The molecule has 38 heavy (non-hydrogen) atoms. The van der Waals surface area contributed by atoms with Crippen molar-refractivity contribution < 1.29 is 14.7 Å². The number of piperidine rings is 1. The maximum Gasteiger partial charge on any atom is 0.304 e. The number of rotatable bonds is 7. The highest BCUT2D eigenvalue weighted by Gasteiger charge is 2.52. The molecule has 1 saturated heterocycles. The quantitative estimate of drug-likeness (QED) is 0.244. The average Bonchev–Trinajstić information content (AvgIpc) is 3.31. The van der Waals surface area contributed by atoms with Gasteiger partial charge in [0.1, 0.15) is 5.01 Å². The van der Waals surface area contributed by atoms with Crippen LogP contribution < -0.4 is 0 Å². The minimum atomic E-state index is -1.11. The van der Waals surface area contributed by atoms with Crippen molar-refractivity contribution in [3.8, 4) is 0 Å². The van der Waals surface area contributed by atoms with E-state index in [1.165, 1.54) is 0 Å². The number of hydrogen-bond acceptors (Lipinski definition) is 4. The average molecular weight is 568 g/mol. The zero-order valence-corrected chi connectivity index (χ0v) is 23.4. The van der Waals surface area contributed by atoms with Gasteiger partial charge < -0.3 is 10.0 Å². The molecule has 0 spiro atoms. The molecule has 0 saturated carbocycles. The van der Waals surface area contributed by atoms with Gasteiger partial charge in [0.25, 0.3) is 0 Å². The molecule has 0 unspecified atom stereocenters. The van der Waals surface area contributed by atoms with E-state index in [9.17, 15) is 14.7 Å². The molecule has 4 aromatic rings. The Balaban J connectivity index is 1.73. The summed E-state index contributed by atoms with van der Waals surface area (Å²) in [6.45, 7) is 3.82. The first kappa shape index (κ1) is 26.7. The molecule has 8 heteroatoms. The molecule has 3 aromatic carbocycles. The summed E-state index contributed by atoms with van der Waals surface area (Å²) in [5.41, 5.74) is 1.68. The molecule has 0 aliphatic carbocycles. The molecule has 1 N–H and O–H groups in total. The predicted octanol–water partition coefficient (Wildman–Crippen LogP) is 8.29. The number of likely N-dealkylation sites (tertiary alicyclic amines) is 1.